The molecule has 0 aliphatic carbocycles. The van der Waals surface area contributed by atoms with E-state index < -0.39 is 0 Å². The SMILES string of the molecule is CC(C)NCc1ccc(-c2ccc(Cl)cc2Br)o1. The summed E-state index contributed by atoms with van der Waals surface area (Å²) in [7, 11) is 0. The topological polar surface area (TPSA) is 25.2 Å². The summed E-state index contributed by atoms with van der Waals surface area (Å²) in [5.74, 6) is 1.78. The van der Waals surface area contributed by atoms with E-state index in [1.54, 1.807) is 0 Å². The average molecular weight is 329 g/mol. The molecule has 0 bridgehead atoms. The summed E-state index contributed by atoms with van der Waals surface area (Å²) >= 11 is 9.42. The number of hydrogen-bond donors (Lipinski definition) is 1. The molecule has 4 heteroatoms. The van der Waals surface area contributed by atoms with Gasteiger partial charge in [-0.3, -0.25) is 0 Å². The predicted octanol–water partition coefficient (Wildman–Crippen LogP) is 4.86. The highest BCUT2D eigenvalue weighted by Gasteiger charge is 2.09. The Morgan fingerprint density at radius 3 is 2.72 bits per heavy atom. The summed E-state index contributed by atoms with van der Waals surface area (Å²) in [5.41, 5.74) is 1.01. The number of rotatable bonds is 4. The molecular weight excluding hydrogens is 314 g/mol. The van der Waals surface area contributed by atoms with Gasteiger partial charge in [-0.1, -0.05) is 25.4 Å². The number of halogens is 2. The van der Waals surface area contributed by atoms with Gasteiger partial charge in [0.15, 0.2) is 0 Å². The number of furan rings is 1. The molecule has 0 saturated carbocycles. The van der Waals surface area contributed by atoms with Gasteiger partial charge in [0.2, 0.25) is 0 Å². The van der Waals surface area contributed by atoms with E-state index in [9.17, 15) is 0 Å². The van der Waals surface area contributed by atoms with E-state index in [1.165, 1.54) is 0 Å². The van der Waals surface area contributed by atoms with E-state index in [0.29, 0.717) is 11.1 Å². The molecule has 0 fully saturated rings. The van der Waals surface area contributed by atoms with E-state index in [1.807, 2.05) is 30.3 Å². The quantitative estimate of drug-likeness (QED) is 0.867. The Hall–Kier alpha value is -0.770. The van der Waals surface area contributed by atoms with Crippen LogP contribution in [0.3, 0.4) is 0 Å². The molecule has 2 rings (SSSR count). The Morgan fingerprint density at radius 1 is 1.28 bits per heavy atom. The molecule has 2 aromatic rings. The van der Waals surface area contributed by atoms with Crippen molar-refractivity contribution < 1.29 is 4.42 Å². The normalized spacial score (nSPS) is 11.2. The maximum atomic E-state index is 5.92. The molecule has 0 spiro atoms. The van der Waals surface area contributed by atoms with Gasteiger partial charge in [0.05, 0.1) is 6.54 Å². The van der Waals surface area contributed by atoms with Crippen molar-refractivity contribution in [1.82, 2.24) is 5.32 Å². The second kappa shape index (κ2) is 5.91. The summed E-state index contributed by atoms with van der Waals surface area (Å²) in [4.78, 5) is 0. The van der Waals surface area contributed by atoms with Crippen molar-refractivity contribution in [3.63, 3.8) is 0 Å². The van der Waals surface area contributed by atoms with Crippen LogP contribution in [0.5, 0.6) is 0 Å². The van der Waals surface area contributed by atoms with Gasteiger partial charge >= 0.3 is 0 Å². The summed E-state index contributed by atoms with van der Waals surface area (Å²) in [6, 6.07) is 10.1. The molecule has 0 unspecified atom stereocenters. The van der Waals surface area contributed by atoms with Crippen LogP contribution >= 0.6 is 27.5 Å². The Kier molecular flexibility index (Phi) is 4.49. The van der Waals surface area contributed by atoms with Crippen molar-refractivity contribution in [3.8, 4) is 11.3 Å². The van der Waals surface area contributed by atoms with Crippen molar-refractivity contribution in [3.05, 3.63) is 45.6 Å². The first-order valence-corrected chi connectivity index (χ1v) is 7.01. The van der Waals surface area contributed by atoms with Crippen molar-refractivity contribution in [2.75, 3.05) is 0 Å². The zero-order valence-electron chi connectivity index (χ0n) is 10.3. The van der Waals surface area contributed by atoms with E-state index >= 15 is 0 Å². The highest BCUT2D eigenvalue weighted by Crippen LogP contribution is 2.31. The standard InChI is InChI=1S/C14H15BrClNO/c1-9(2)17-8-11-4-6-14(18-11)12-5-3-10(16)7-13(12)15/h3-7,9,17H,8H2,1-2H3. The fraction of sp³-hybridized carbons (Fsp3) is 0.286. The lowest BCUT2D eigenvalue weighted by Gasteiger charge is -2.05. The number of hydrogen-bond acceptors (Lipinski definition) is 2. The molecule has 0 amide bonds. The molecule has 96 valence electrons. The molecule has 1 aromatic carbocycles. The Labute approximate surface area is 120 Å². The predicted molar refractivity (Wildman–Crippen MR) is 78.8 cm³/mol. The highest BCUT2D eigenvalue weighted by molar-refractivity contribution is 9.10. The molecule has 0 aliphatic heterocycles. The lowest BCUT2D eigenvalue weighted by molar-refractivity contribution is 0.473. The van der Waals surface area contributed by atoms with E-state index in [2.05, 4.69) is 35.1 Å². The molecule has 0 radical (unpaired) electrons. The molecule has 1 heterocycles. The molecular formula is C14H15BrClNO. The van der Waals surface area contributed by atoms with Gasteiger partial charge in [0.1, 0.15) is 11.5 Å². The zero-order valence-corrected chi connectivity index (χ0v) is 12.7. The lowest BCUT2D eigenvalue weighted by atomic mass is 10.2. The second-order valence-electron chi connectivity index (χ2n) is 4.43. The molecule has 0 saturated heterocycles. The van der Waals surface area contributed by atoms with Crippen LogP contribution in [0.15, 0.2) is 39.2 Å². The van der Waals surface area contributed by atoms with Crippen molar-refractivity contribution in [1.29, 1.82) is 0 Å². The minimum Gasteiger partial charge on any atom is -0.460 e. The first kappa shape index (κ1) is 13.7. The first-order chi connectivity index (χ1) is 8.56. The fourth-order valence-electron chi connectivity index (χ4n) is 1.61. The summed E-state index contributed by atoms with van der Waals surface area (Å²) in [5, 5.41) is 4.03. The van der Waals surface area contributed by atoms with Gasteiger partial charge in [0.25, 0.3) is 0 Å². The first-order valence-electron chi connectivity index (χ1n) is 5.84. The van der Waals surface area contributed by atoms with Crippen LogP contribution in [0.1, 0.15) is 19.6 Å². The number of nitrogens with one attached hydrogen (secondary N) is 1. The highest BCUT2D eigenvalue weighted by atomic mass is 79.9. The maximum absolute atomic E-state index is 5.92. The molecule has 1 N–H and O–H groups in total. The Morgan fingerprint density at radius 2 is 2.06 bits per heavy atom. The van der Waals surface area contributed by atoms with E-state index in [4.69, 9.17) is 16.0 Å². The molecule has 0 atom stereocenters. The van der Waals surface area contributed by atoms with Crippen LogP contribution in [0, 0.1) is 0 Å². The second-order valence-corrected chi connectivity index (χ2v) is 5.72. The smallest absolute Gasteiger partial charge is 0.135 e. The third-order valence-electron chi connectivity index (χ3n) is 2.54. The molecule has 1 aromatic heterocycles. The molecule has 18 heavy (non-hydrogen) atoms. The minimum atomic E-state index is 0.445. The summed E-state index contributed by atoms with van der Waals surface area (Å²) in [6.07, 6.45) is 0. The van der Waals surface area contributed by atoms with E-state index in [0.717, 1.165) is 28.1 Å². The number of benzene rings is 1. The monoisotopic (exact) mass is 327 g/mol. The van der Waals surface area contributed by atoms with Crippen LogP contribution in [-0.2, 0) is 6.54 Å². The van der Waals surface area contributed by atoms with Crippen LogP contribution in [0.25, 0.3) is 11.3 Å². The minimum absolute atomic E-state index is 0.445. The third kappa shape index (κ3) is 3.37. The maximum Gasteiger partial charge on any atom is 0.135 e. The van der Waals surface area contributed by atoms with Gasteiger partial charge in [-0.05, 0) is 46.3 Å². The van der Waals surface area contributed by atoms with Crippen LogP contribution in [-0.4, -0.2) is 6.04 Å². The molecule has 0 aliphatic rings. The summed E-state index contributed by atoms with van der Waals surface area (Å²) < 4.78 is 6.74. The van der Waals surface area contributed by atoms with Crippen molar-refractivity contribution >= 4 is 27.5 Å². The zero-order chi connectivity index (χ0) is 13.1. The lowest BCUT2D eigenvalue weighted by Crippen LogP contribution is -2.21. The van der Waals surface area contributed by atoms with Gasteiger partial charge in [0, 0.05) is 21.1 Å². The van der Waals surface area contributed by atoms with Gasteiger partial charge in [-0.15, -0.1) is 0 Å². The largest absolute Gasteiger partial charge is 0.460 e. The summed E-state index contributed by atoms with van der Waals surface area (Å²) in [6.45, 7) is 4.96. The Balaban J connectivity index is 2.18. The molecule has 2 nitrogen and oxygen atoms in total. The Bertz CT molecular complexity index is 536. The van der Waals surface area contributed by atoms with Crippen LogP contribution in [0.2, 0.25) is 5.02 Å². The van der Waals surface area contributed by atoms with E-state index in [-0.39, 0.29) is 0 Å². The van der Waals surface area contributed by atoms with Gasteiger partial charge < -0.3 is 9.73 Å². The van der Waals surface area contributed by atoms with Gasteiger partial charge in [-0.25, -0.2) is 0 Å². The third-order valence-corrected chi connectivity index (χ3v) is 3.43. The van der Waals surface area contributed by atoms with Crippen LogP contribution < -0.4 is 5.32 Å². The van der Waals surface area contributed by atoms with Crippen LogP contribution in [0.4, 0.5) is 0 Å². The van der Waals surface area contributed by atoms with Crippen molar-refractivity contribution in [2.24, 2.45) is 0 Å². The van der Waals surface area contributed by atoms with Gasteiger partial charge in [-0.2, -0.15) is 0 Å². The average Bonchev–Trinajstić information content (AvgIpc) is 2.75. The fourth-order valence-corrected chi connectivity index (χ4v) is 2.49. The van der Waals surface area contributed by atoms with Crippen molar-refractivity contribution in [2.45, 2.75) is 26.4 Å².